The van der Waals surface area contributed by atoms with E-state index >= 15 is 0 Å². The van der Waals surface area contributed by atoms with E-state index in [0.717, 1.165) is 38.5 Å². The Morgan fingerprint density at radius 1 is 0.436 bits per heavy atom. The molecular weight excluding hydrogens is 501 g/mol. The van der Waals surface area contributed by atoms with Gasteiger partial charge in [0.05, 0.1) is 6.61 Å². The first-order valence-corrected chi connectivity index (χ1v) is 19.3. The molecule has 236 valence electrons. The summed E-state index contributed by atoms with van der Waals surface area (Å²) in [5.74, 6) is 0. The van der Waals surface area contributed by atoms with Crippen LogP contribution < -0.4 is 0 Å². The van der Waals surface area contributed by atoms with Crippen LogP contribution >= 0.6 is 7.75 Å². The van der Waals surface area contributed by atoms with Crippen LogP contribution in [-0.4, -0.2) is 29.3 Å². The molecule has 0 amide bonds. The van der Waals surface area contributed by atoms with Gasteiger partial charge < -0.3 is 4.89 Å². The summed E-state index contributed by atoms with van der Waals surface area (Å²) in [6.07, 6.45) is 36.2. The predicted molar refractivity (Wildman–Crippen MR) is 174 cm³/mol. The van der Waals surface area contributed by atoms with Gasteiger partial charge in [0.2, 0.25) is 0 Å². The Balaban J connectivity index is 3.95. The van der Waals surface area contributed by atoms with E-state index in [4.69, 9.17) is 4.52 Å². The van der Waals surface area contributed by atoms with Gasteiger partial charge in [-0.2, -0.15) is 0 Å². The van der Waals surface area contributed by atoms with E-state index in [9.17, 15) is 9.46 Å². The van der Waals surface area contributed by atoms with E-state index in [1.54, 1.807) is 4.67 Å². The van der Waals surface area contributed by atoms with Crippen LogP contribution in [0.5, 0.6) is 0 Å². The molecule has 0 rings (SSSR count). The third kappa shape index (κ3) is 28.0. The van der Waals surface area contributed by atoms with Crippen molar-refractivity contribution in [3.8, 4) is 0 Å². The highest BCUT2D eigenvalue weighted by Crippen LogP contribution is 2.46. The summed E-state index contributed by atoms with van der Waals surface area (Å²) in [6.45, 7) is 8.41. The van der Waals surface area contributed by atoms with E-state index in [0.29, 0.717) is 19.7 Å². The zero-order chi connectivity index (χ0) is 28.7. The molecule has 0 saturated carbocycles. The molecule has 0 radical (unpaired) electrons. The maximum absolute atomic E-state index is 12.9. The van der Waals surface area contributed by atoms with Gasteiger partial charge in [0, 0.05) is 13.1 Å². The van der Waals surface area contributed by atoms with Crippen molar-refractivity contribution in [3.05, 3.63) is 0 Å². The first kappa shape index (κ1) is 39.1. The summed E-state index contributed by atoms with van der Waals surface area (Å²) >= 11 is 0. The standard InChI is InChI=1S/C34H72NO3P/c1-4-7-10-12-14-16-18-20-22-24-26-28-30-32-35(39(36,37)38-34-9-6-3)33-31-29-27-25-23-21-19-17-15-13-11-8-5-2/h4-34H2,1-3H3,(H,36,37). The second-order valence-corrected chi connectivity index (χ2v) is 13.9. The Bertz CT molecular complexity index is 487. The lowest BCUT2D eigenvalue weighted by Gasteiger charge is -2.26. The van der Waals surface area contributed by atoms with Crippen LogP contribution in [0.1, 0.15) is 201 Å². The second-order valence-electron chi connectivity index (χ2n) is 12.1. The summed E-state index contributed by atoms with van der Waals surface area (Å²) in [4.78, 5) is 10.6. The highest BCUT2D eigenvalue weighted by atomic mass is 31.2. The van der Waals surface area contributed by atoms with Crippen LogP contribution in [0.2, 0.25) is 0 Å². The molecule has 1 N–H and O–H groups in total. The number of hydrogen-bond donors (Lipinski definition) is 1. The van der Waals surface area contributed by atoms with Crippen LogP contribution in [0, 0.1) is 0 Å². The van der Waals surface area contributed by atoms with Crippen molar-refractivity contribution in [3.63, 3.8) is 0 Å². The van der Waals surface area contributed by atoms with Crippen LogP contribution in [-0.2, 0) is 9.09 Å². The zero-order valence-electron chi connectivity index (χ0n) is 27.1. The second kappa shape index (κ2) is 31.1. The van der Waals surface area contributed by atoms with Gasteiger partial charge in [-0.15, -0.1) is 0 Å². The molecule has 1 atom stereocenters. The van der Waals surface area contributed by atoms with E-state index in [-0.39, 0.29) is 0 Å². The van der Waals surface area contributed by atoms with E-state index < -0.39 is 7.75 Å². The van der Waals surface area contributed by atoms with Crippen LogP contribution in [0.25, 0.3) is 0 Å². The lowest BCUT2D eigenvalue weighted by molar-refractivity contribution is 0.195. The topological polar surface area (TPSA) is 49.8 Å². The molecule has 5 heteroatoms. The molecule has 39 heavy (non-hydrogen) atoms. The third-order valence-electron chi connectivity index (χ3n) is 8.15. The molecule has 0 aromatic carbocycles. The average molecular weight is 574 g/mol. The van der Waals surface area contributed by atoms with Gasteiger partial charge in [0.15, 0.2) is 0 Å². The van der Waals surface area contributed by atoms with Crippen molar-refractivity contribution in [2.45, 2.75) is 201 Å². The van der Waals surface area contributed by atoms with Gasteiger partial charge in [-0.25, -0.2) is 9.24 Å². The van der Waals surface area contributed by atoms with Crippen LogP contribution in [0.15, 0.2) is 0 Å². The van der Waals surface area contributed by atoms with E-state index in [2.05, 4.69) is 20.8 Å². The van der Waals surface area contributed by atoms with Crippen molar-refractivity contribution in [1.29, 1.82) is 0 Å². The maximum Gasteiger partial charge on any atom is 0.405 e. The molecule has 0 fully saturated rings. The molecule has 0 aliphatic rings. The largest absolute Gasteiger partial charge is 0.405 e. The number of hydrogen-bond acceptors (Lipinski definition) is 2. The monoisotopic (exact) mass is 574 g/mol. The van der Waals surface area contributed by atoms with Gasteiger partial charge >= 0.3 is 7.75 Å². The zero-order valence-corrected chi connectivity index (χ0v) is 28.0. The van der Waals surface area contributed by atoms with E-state index in [1.807, 2.05) is 0 Å². The molecule has 1 unspecified atom stereocenters. The lowest BCUT2D eigenvalue weighted by atomic mass is 10.0. The third-order valence-corrected chi connectivity index (χ3v) is 9.79. The molecular formula is C34H72NO3P. The Kier molecular flexibility index (Phi) is 31.1. The fraction of sp³-hybridized carbons (Fsp3) is 1.00. The van der Waals surface area contributed by atoms with E-state index in [1.165, 1.54) is 141 Å². The summed E-state index contributed by atoms with van der Waals surface area (Å²) < 4.78 is 20.2. The summed E-state index contributed by atoms with van der Waals surface area (Å²) in [6, 6.07) is 0. The molecule has 0 heterocycles. The molecule has 0 aliphatic heterocycles. The smallest absolute Gasteiger partial charge is 0.312 e. The maximum atomic E-state index is 12.9. The average Bonchev–Trinajstić information content (AvgIpc) is 2.92. The van der Waals surface area contributed by atoms with Crippen LogP contribution in [0.4, 0.5) is 0 Å². The Labute approximate surface area is 246 Å². The van der Waals surface area contributed by atoms with Crippen molar-refractivity contribution < 1.29 is 14.0 Å². The quantitative estimate of drug-likeness (QED) is 0.0626. The number of nitrogens with zero attached hydrogens (tertiary/aromatic N) is 1. The SMILES string of the molecule is CCCCCCCCCCCCCCCN(CCCCCCCCCCCCCCC)P(=O)(O)OCCCC. The Morgan fingerprint density at radius 3 is 0.974 bits per heavy atom. The highest BCUT2D eigenvalue weighted by molar-refractivity contribution is 7.50. The Hall–Kier alpha value is 0.110. The minimum atomic E-state index is -3.67. The molecule has 0 bridgehead atoms. The minimum absolute atomic E-state index is 0.387. The van der Waals surface area contributed by atoms with Gasteiger partial charge in [-0.3, -0.25) is 4.52 Å². The molecule has 4 nitrogen and oxygen atoms in total. The first-order chi connectivity index (χ1) is 19.1. The van der Waals surface area contributed by atoms with Crippen molar-refractivity contribution in [1.82, 2.24) is 4.67 Å². The molecule has 0 saturated heterocycles. The van der Waals surface area contributed by atoms with Crippen molar-refractivity contribution in [2.24, 2.45) is 0 Å². The molecule has 0 aromatic heterocycles. The van der Waals surface area contributed by atoms with Gasteiger partial charge in [0.25, 0.3) is 0 Å². The number of rotatable bonds is 33. The minimum Gasteiger partial charge on any atom is -0.312 e. The normalized spacial score (nSPS) is 13.4. The fourth-order valence-electron chi connectivity index (χ4n) is 5.40. The van der Waals surface area contributed by atoms with Crippen molar-refractivity contribution >= 4 is 7.75 Å². The summed E-state index contributed by atoms with van der Waals surface area (Å²) in [5, 5.41) is 0. The van der Waals surface area contributed by atoms with Crippen LogP contribution in [0.3, 0.4) is 0 Å². The summed E-state index contributed by atoms with van der Waals surface area (Å²) in [7, 11) is -3.67. The highest BCUT2D eigenvalue weighted by Gasteiger charge is 2.28. The Morgan fingerprint density at radius 2 is 0.692 bits per heavy atom. The number of unbranched alkanes of at least 4 members (excludes halogenated alkanes) is 25. The summed E-state index contributed by atoms with van der Waals surface area (Å²) in [5.41, 5.74) is 0. The van der Waals surface area contributed by atoms with Gasteiger partial charge in [0.1, 0.15) is 0 Å². The predicted octanol–water partition coefficient (Wildman–Crippen LogP) is 12.4. The van der Waals surface area contributed by atoms with Crippen molar-refractivity contribution in [2.75, 3.05) is 19.7 Å². The fourth-order valence-corrected chi connectivity index (χ4v) is 6.72. The van der Waals surface area contributed by atoms with Gasteiger partial charge in [-0.1, -0.05) is 181 Å². The lowest BCUT2D eigenvalue weighted by Crippen LogP contribution is -2.24. The molecule has 0 aliphatic carbocycles. The first-order valence-electron chi connectivity index (χ1n) is 17.8. The van der Waals surface area contributed by atoms with Gasteiger partial charge in [-0.05, 0) is 19.3 Å². The molecule has 0 aromatic rings. The molecule has 0 spiro atoms.